The molecular weight excluding hydrogens is 350 g/mol. The van der Waals surface area contributed by atoms with Crippen molar-refractivity contribution in [1.82, 2.24) is 4.98 Å². The number of aromatic amines is 1. The number of non-ortho nitro benzene ring substituents is 1. The van der Waals surface area contributed by atoms with E-state index in [1.807, 2.05) is 12.3 Å². The lowest BCUT2D eigenvalue weighted by molar-refractivity contribution is -0.384. The molecule has 0 radical (unpaired) electrons. The molecule has 3 rings (SSSR count). The molecule has 0 saturated heterocycles. The van der Waals surface area contributed by atoms with Gasteiger partial charge in [0.1, 0.15) is 4.90 Å². The number of fused-ring (bicyclic) bond motifs is 1. The molecule has 9 heteroatoms. The molecule has 0 unspecified atom stereocenters. The van der Waals surface area contributed by atoms with E-state index in [-0.39, 0.29) is 16.0 Å². The molecule has 0 bridgehead atoms. The molecule has 2 N–H and O–H groups in total. The number of rotatable bonds is 5. The first-order valence-corrected chi connectivity index (χ1v) is 9.54. The number of nitrogens with zero attached hydrogens (tertiary/aromatic N) is 1. The van der Waals surface area contributed by atoms with Gasteiger partial charge >= 0.3 is 0 Å². The predicted molar refractivity (Wildman–Crippen MR) is 94.0 cm³/mol. The lowest BCUT2D eigenvalue weighted by Crippen LogP contribution is -2.12. The fourth-order valence-electron chi connectivity index (χ4n) is 2.32. The lowest BCUT2D eigenvalue weighted by Gasteiger charge is -2.08. The van der Waals surface area contributed by atoms with Crippen molar-refractivity contribution < 1.29 is 13.3 Å². The molecule has 1 heterocycles. The summed E-state index contributed by atoms with van der Waals surface area (Å²) < 4.78 is 27.8. The number of benzene rings is 2. The zero-order valence-corrected chi connectivity index (χ0v) is 14.1. The highest BCUT2D eigenvalue weighted by Crippen LogP contribution is 2.28. The van der Waals surface area contributed by atoms with Crippen LogP contribution in [0.5, 0.6) is 0 Å². The maximum absolute atomic E-state index is 12.6. The fraction of sp³-hybridized carbons (Fsp3) is 0.0667. The summed E-state index contributed by atoms with van der Waals surface area (Å²) >= 11 is 1.50. The Morgan fingerprint density at radius 1 is 1.21 bits per heavy atom. The molecule has 0 spiro atoms. The van der Waals surface area contributed by atoms with Crippen LogP contribution >= 0.6 is 11.8 Å². The Bertz CT molecular complexity index is 1030. The third-order valence-electron chi connectivity index (χ3n) is 3.45. The number of hydrogen-bond acceptors (Lipinski definition) is 5. The molecule has 0 atom stereocenters. The molecule has 3 aromatic rings. The van der Waals surface area contributed by atoms with Crippen LogP contribution in [0, 0.1) is 10.1 Å². The van der Waals surface area contributed by atoms with Crippen molar-refractivity contribution in [3.8, 4) is 0 Å². The summed E-state index contributed by atoms with van der Waals surface area (Å²) in [5.41, 5.74) is 0.781. The van der Waals surface area contributed by atoms with Crippen LogP contribution in [0.4, 0.5) is 11.4 Å². The van der Waals surface area contributed by atoms with E-state index in [0.29, 0.717) is 11.2 Å². The summed E-state index contributed by atoms with van der Waals surface area (Å²) in [6.07, 6.45) is 3.22. The number of sulfonamides is 1. The van der Waals surface area contributed by atoms with Gasteiger partial charge in [0.2, 0.25) is 0 Å². The summed E-state index contributed by atoms with van der Waals surface area (Å²) in [4.78, 5) is 14.1. The van der Waals surface area contributed by atoms with E-state index in [1.165, 1.54) is 36.2 Å². The first-order valence-electron chi connectivity index (χ1n) is 6.83. The number of H-pyrrole nitrogens is 1. The summed E-state index contributed by atoms with van der Waals surface area (Å²) in [5.74, 6) is 0. The van der Waals surface area contributed by atoms with Crippen molar-refractivity contribution in [2.24, 2.45) is 0 Å². The number of nitro benzene ring substituents is 1. The van der Waals surface area contributed by atoms with Crippen LogP contribution in [0.25, 0.3) is 10.9 Å². The van der Waals surface area contributed by atoms with Crippen molar-refractivity contribution in [2.45, 2.75) is 9.79 Å². The predicted octanol–water partition coefficient (Wildman–Crippen LogP) is 3.60. The van der Waals surface area contributed by atoms with Crippen LogP contribution in [0.1, 0.15) is 0 Å². The molecule has 0 amide bonds. The van der Waals surface area contributed by atoms with Crippen LogP contribution < -0.4 is 4.72 Å². The molecule has 0 aliphatic rings. The second kappa shape index (κ2) is 6.17. The van der Waals surface area contributed by atoms with E-state index in [4.69, 9.17) is 0 Å². The van der Waals surface area contributed by atoms with Gasteiger partial charge in [0.25, 0.3) is 15.7 Å². The van der Waals surface area contributed by atoms with Gasteiger partial charge in [0.05, 0.1) is 4.92 Å². The maximum atomic E-state index is 12.6. The van der Waals surface area contributed by atoms with Gasteiger partial charge in [0, 0.05) is 39.8 Å². The van der Waals surface area contributed by atoms with E-state index in [1.54, 1.807) is 18.2 Å². The third-order valence-corrected chi connectivity index (χ3v) is 5.60. The quantitative estimate of drug-likeness (QED) is 0.409. The Morgan fingerprint density at radius 3 is 2.71 bits per heavy atom. The molecule has 0 saturated carbocycles. The normalized spacial score (nSPS) is 11.5. The summed E-state index contributed by atoms with van der Waals surface area (Å²) in [7, 11) is -3.88. The first kappa shape index (κ1) is 16.3. The van der Waals surface area contributed by atoms with E-state index in [0.717, 1.165) is 4.90 Å². The van der Waals surface area contributed by atoms with E-state index < -0.39 is 14.9 Å². The van der Waals surface area contributed by atoms with Crippen molar-refractivity contribution in [3.63, 3.8) is 0 Å². The Labute approximate surface area is 142 Å². The highest BCUT2D eigenvalue weighted by molar-refractivity contribution is 7.98. The van der Waals surface area contributed by atoms with Crippen LogP contribution in [0.3, 0.4) is 0 Å². The van der Waals surface area contributed by atoms with Gasteiger partial charge in [-0.3, -0.25) is 14.8 Å². The van der Waals surface area contributed by atoms with Gasteiger partial charge in [-0.1, -0.05) is 6.07 Å². The van der Waals surface area contributed by atoms with Crippen LogP contribution in [0.15, 0.2) is 58.5 Å². The number of anilines is 1. The number of nitrogens with one attached hydrogen (secondary N) is 2. The van der Waals surface area contributed by atoms with Gasteiger partial charge in [-0.05, 0) is 30.5 Å². The second-order valence-electron chi connectivity index (χ2n) is 4.98. The second-order valence-corrected chi connectivity index (χ2v) is 7.51. The molecule has 2 aromatic carbocycles. The smallest absolute Gasteiger partial charge is 0.270 e. The largest absolute Gasteiger partial charge is 0.360 e. The number of thioether (sulfide) groups is 1. The molecule has 0 aliphatic carbocycles. The molecule has 7 nitrogen and oxygen atoms in total. The average molecular weight is 363 g/mol. The topological polar surface area (TPSA) is 105 Å². The molecule has 1 aromatic heterocycles. The zero-order valence-electron chi connectivity index (χ0n) is 12.5. The monoisotopic (exact) mass is 363 g/mol. The Morgan fingerprint density at radius 2 is 2.00 bits per heavy atom. The van der Waals surface area contributed by atoms with Crippen LogP contribution in [0.2, 0.25) is 0 Å². The summed E-state index contributed by atoms with van der Waals surface area (Å²) in [5, 5.41) is 11.2. The number of nitro groups is 1. The van der Waals surface area contributed by atoms with Crippen molar-refractivity contribution in [1.29, 1.82) is 0 Å². The molecule has 0 fully saturated rings. The van der Waals surface area contributed by atoms with Gasteiger partial charge in [-0.25, -0.2) is 8.42 Å². The summed E-state index contributed by atoms with van der Waals surface area (Å²) in [6, 6.07) is 11.1. The minimum absolute atomic E-state index is 0.0317. The molecule has 0 aliphatic heterocycles. The highest BCUT2D eigenvalue weighted by Gasteiger charge is 2.21. The van der Waals surface area contributed by atoms with Gasteiger partial charge in [-0.15, -0.1) is 11.8 Å². The number of aromatic nitrogens is 1. The van der Waals surface area contributed by atoms with Crippen molar-refractivity contribution >= 4 is 44.1 Å². The van der Waals surface area contributed by atoms with Crippen LogP contribution in [-0.2, 0) is 10.0 Å². The van der Waals surface area contributed by atoms with E-state index in [9.17, 15) is 18.5 Å². The maximum Gasteiger partial charge on any atom is 0.270 e. The standard InChI is InChI=1S/C15H13N3O4S2/c1-23-12-4-2-3-10(7-12)17-24(21,22)15-9-16-14-6-5-11(18(19)20)8-13(14)15/h2-9,16-17H,1H3. The van der Waals surface area contributed by atoms with E-state index in [2.05, 4.69) is 9.71 Å². The Kier molecular flexibility index (Phi) is 4.20. The van der Waals surface area contributed by atoms with Crippen LogP contribution in [-0.4, -0.2) is 24.6 Å². The number of hydrogen-bond donors (Lipinski definition) is 2. The molecule has 24 heavy (non-hydrogen) atoms. The SMILES string of the molecule is CSc1cccc(NS(=O)(=O)c2c[nH]c3ccc([N+](=O)[O-])cc23)c1. The summed E-state index contributed by atoms with van der Waals surface area (Å²) in [6.45, 7) is 0. The Hall–Kier alpha value is -2.52. The van der Waals surface area contributed by atoms with E-state index >= 15 is 0 Å². The Balaban J connectivity index is 2.04. The molecular formula is C15H13N3O4S2. The van der Waals surface area contributed by atoms with Gasteiger partial charge in [-0.2, -0.15) is 0 Å². The van der Waals surface area contributed by atoms with Crippen molar-refractivity contribution in [2.75, 3.05) is 11.0 Å². The lowest BCUT2D eigenvalue weighted by atomic mass is 10.2. The van der Waals surface area contributed by atoms with Gasteiger partial charge < -0.3 is 4.98 Å². The average Bonchev–Trinajstić information content (AvgIpc) is 2.98. The first-order chi connectivity index (χ1) is 11.4. The van der Waals surface area contributed by atoms with Gasteiger partial charge in [0.15, 0.2) is 0 Å². The highest BCUT2D eigenvalue weighted by atomic mass is 32.2. The fourth-order valence-corrected chi connectivity index (χ4v) is 3.99. The third kappa shape index (κ3) is 3.08. The molecule has 124 valence electrons. The van der Waals surface area contributed by atoms with Crippen molar-refractivity contribution in [3.05, 3.63) is 58.8 Å². The minimum Gasteiger partial charge on any atom is -0.360 e. The minimum atomic E-state index is -3.88. The zero-order chi connectivity index (χ0) is 17.3.